The van der Waals surface area contributed by atoms with Crippen LogP contribution < -0.4 is 11.1 Å². The number of nitrogens with zero attached hydrogens (tertiary/aromatic N) is 3. The van der Waals surface area contributed by atoms with Gasteiger partial charge in [0.1, 0.15) is 0 Å². The molecule has 1 fully saturated rings. The number of nitrogen functional groups attached to an aromatic ring is 1. The normalized spacial score (nSPS) is 14.7. The average molecular weight is 265 g/mol. The fourth-order valence-corrected chi connectivity index (χ4v) is 2.02. The highest BCUT2D eigenvalue weighted by atomic mass is 32.1. The predicted molar refractivity (Wildman–Crippen MR) is 64.1 cm³/mol. The Balaban J connectivity index is 1.66. The zero-order chi connectivity index (χ0) is 12.5. The Morgan fingerprint density at radius 1 is 1.56 bits per heavy atom. The van der Waals surface area contributed by atoms with Gasteiger partial charge in [-0.05, 0) is 12.8 Å². The van der Waals surface area contributed by atoms with Gasteiger partial charge in [0, 0.05) is 11.4 Å². The molecule has 1 aliphatic rings. The molecule has 0 spiro atoms. The minimum Gasteiger partial charge on any atom is -0.375 e. The standard InChI is InChI=1S/C10H11N5O2S/c11-10-13-6(4-18-10)3-7-14-8(15-17-7)9(16)12-5-1-2-5/h4-5H,1-3H2,(H2,11,13)(H,12,16). The van der Waals surface area contributed by atoms with Gasteiger partial charge in [-0.25, -0.2) is 4.98 Å². The molecule has 1 saturated carbocycles. The Kier molecular flexibility index (Phi) is 2.71. The fourth-order valence-electron chi connectivity index (χ4n) is 1.46. The number of thiazole rings is 1. The summed E-state index contributed by atoms with van der Waals surface area (Å²) < 4.78 is 5.00. The molecule has 1 amide bonds. The molecule has 0 unspecified atom stereocenters. The summed E-state index contributed by atoms with van der Waals surface area (Å²) >= 11 is 1.35. The van der Waals surface area contributed by atoms with Crippen LogP contribution in [0.25, 0.3) is 0 Å². The number of anilines is 1. The lowest BCUT2D eigenvalue weighted by atomic mass is 10.3. The highest BCUT2D eigenvalue weighted by Gasteiger charge is 2.26. The highest BCUT2D eigenvalue weighted by molar-refractivity contribution is 7.13. The first-order valence-electron chi connectivity index (χ1n) is 5.54. The molecule has 0 bridgehead atoms. The lowest BCUT2D eigenvalue weighted by molar-refractivity contribution is 0.0937. The number of nitrogens with two attached hydrogens (primary N) is 1. The first-order valence-corrected chi connectivity index (χ1v) is 6.42. The topological polar surface area (TPSA) is 107 Å². The number of carbonyl (C=O) groups is 1. The first kappa shape index (κ1) is 11.1. The zero-order valence-electron chi connectivity index (χ0n) is 9.42. The highest BCUT2D eigenvalue weighted by Crippen LogP contribution is 2.19. The molecule has 1 aliphatic carbocycles. The van der Waals surface area contributed by atoms with Crippen molar-refractivity contribution in [3.8, 4) is 0 Å². The lowest BCUT2D eigenvalue weighted by Gasteiger charge is -1.95. The van der Waals surface area contributed by atoms with Crippen molar-refractivity contribution in [1.82, 2.24) is 20.4 Å². The van der Waals surface area contributed by atoms with E-state index in [0.717, 1.165) is 18.5 Å². The van der Waals surface area contributed by atoms with E-state index in [1.807, 2.05) is 5.38 Å². The maximum atomic E-state index is 11.6. The van der Waals surface area contributed by atoms with E-state index in [2.05, 4.69) is 20.4 Å². The third kappa shape index (κ3) is 2.48. The number of nitrogens with one attached hydrogen (secondary N) is 1. The van der Waals surface area contributed by atoms with E-state index in [4.69, 9.17) is 10.3 Å². The number of carbonyl (C=O) groups excluding carboxylic acids is 1. The molecule has 2 aromatic heterocycles. The Labute approximate surface area is 106 Å². The monoisotopic (exact) mass is 265 g/mol. The molecule has 94 valence electrons. The maximum Gasteiger partial charge on any atom is 0.292 e. The summed E-state index contributed by atoms with van der Waals surface area (Å²) in [4.78, 5) is 19.8. The zero-order valence-corrected chi connectivity index (χ0v) is 10.2. The van der Waals surface area contributed by atoms with E-state index in [1.165, 1.54) is 11.3 Å². The van der Waals surface area contributed by atoms with Crippen LogP contribution in [0.1, 0.15) is 35.0 Å². The number of hydrogen-bond acceptors (Lipinski definition) is 7. The Morgan fingerprint density at radius 3 is 3.06 bits per heavy atom. The molecule has 3 rings (SSSR count). The summed E-state index contributed by atoms with van der Waals surface area (Å²) in [6.45, 7) is 0. The van der Waals surface area contributed by atoms with Crippen molar-refractivity contribution in [3.05, 3.63) is 22.8 Å². The molecular weight excluding hydrogens is 254 g/mol. The predicted octanol–water partition coefficient (Wildman–Crippen LogP) is 0.591. The van der Waals surface area contributed by atoms with Gasteiger partial charge in [-0.15, -0.1) is 11.3 Å². The van der Waals surface area contributed by atoms with Gasteiger partial charge in [0.15, 0.2) is 5.13 Å². The van der Waals surface area contributed by atoms with Crippen LogP contribution in [0.3, 0.4) is 0 Å². The van der Waals surface area contributed by atoms with Gasteiger partial charge in [-0.1, -0.05) is 5.16 Å². The number of rotatable bonds is 4. The second-order valence-corrected chi connectivity index (χ2v) is 5.00. The second kappa shape index (κ2) is 4.37. The molecule has 0 aliphatic heterocycles. The van der Waals surface area contributed by atoms with Crippen molar-refractivity contribution in [2.45, 2.75) is 25.3 Å². The fraction of sp³-hybridized carbons (Fsp3) is 0.400. The van der Waals surface area contributed by atoms with Crippen molar-refractivity contribution in [3.63, 3.8) is 0 Å². The van der Waals surface area contributed by atoms with Gasteiger partial charge in [-0.3, -0.25) is 4.79 Å². The largest absolute Gasteiger partial charge is 0.375 e. The van der Waals surface area contributed by atoms with Crippen LogP contribution in [-0.2, 0) is 6.42 Å². The summed E-state index contributed by atoms with van der Waals surface area (Å²) in [5.41, 5.74) is 6.28. The van der Waals surface area contributed by atoms with Crippen LogP contribution in [-0.4, -0.2) is 27.1 Å². The third-order valence-electron chi connectivity index (χ3n) is 2.49. The third-order valence-corrected chi connectivity index (χ3v) is 3.21. The van der Waals surface area contributed by atoms with E-state index in [0.29, 0.717) is 17.4 Å². The van der Waals surface area contributed by atoms with Crippen molar-refractivity contribution < 1.29 is 9.32 Å². The van der Waals surface area contributed by atoms with Crippen molar-refractivity contribution in [2.24, 2.45) is 0 Å². The SMILES string of the molecule is Nc1nc(Cc2nc(C(=O)NC3CC3)no2)cs1. The quantitative estimate of drug-likeness (QED) is 0.837. The van der Waals surface area contributed by atoms with Crippen LogP contribution in [0.2, 0.25) is 0 Å². The molecule has 0 aromatic carbocycles. The second-order valence-electron chi connectivity index (χ2n) is 4.11. The maximum absolute atomic E-state index is 11.6. The number of amides is 1. The molecule has 2 heterocycles. The summed E-state index contributed by atoms with van der Waals surface area (Å²) in [5, 5.41) is 8.76. The van der Waals surface area contributed by atoms with Gasteiger partial charge in [0.25, 0.3) is 11.7 Å². The summed E-state index contributed by atoms with van der Waals surface area (Å²) in [6, 6.07) is 0.276. The van der Waals surface area contributed by atoms with Gasteiger partial charge in [-0.2, -0.15) is 4.98 Å². The van der Waals surface area contributed by atoms with E-state index in [-0.39, 0.29) is 17.8 Å². The molecule has 8 heteroatoms. The van der Waals surface area contributed by atoms with Gasteiger partial charge in [0.2, 0.25) is 5.89 Å². The first-order chi connectivity index (χ1) is 8.70. The number of aromatic nitrogens is 3. The minimum absolute atomic E-state index is 0.0695. The minimum atomic E-state index is -0.287. The van der Waals surface area contributed by atoms with Gasteiger partial charge < -0.3 is 15.6 Å². The molecule has 0 atom stereocenters. The van der Waals surface area contributed by atoms with E-state index >= 15 is 0 Å². The molecular formula is C10H11N5O2S. The van der Waals surface area contributed by atoms with Crippen molar-refractivity contribution >= 4 is 22.4 Å². The number of hydrogen-bond donors (Lipinski definition) is 2. The van der Waals surface area contributed by atoms with E-state index < -0.39 is 0 Å². The van der Waals surface area contributed by atoms with Crippen LogP contribution in [0, 0.1) is 0 Å². The van der Waals surface area contributed by atoms with Crippen molar-refractivity contribution in [1.29, 1.82) is 0 Å². The molecule has 2 aromatic rings. The average Bonchev–Trinajstić information content (AvgIpc) is 2.87. The molecule has 18 heavy (non-hydrogen) atoms. The van der Waals surface area contributed by atoms with Gasteiger partial charge >= 0.3 is 0 Å². The smallest absolute Gasteiger partial charge is 0.292 e. The summed E-state index contributed by atoms with van der Waals surface area (Å²) in [6.07, 6.45) is 2.43. The van der Waals surface area contributed by atoms with Crippen LogP contribution in [0.5, 0.6) is 0 Å². The van der Waals surface area contributed by atoms with E-state index in [1.54, 1.807) is 0 Å². The Bertz CT molecular complexity index is 574. The molecule has 7 nitrogen and oxygen atoms in total. The van der Waals surface area contributed by atoms with Crippen LogP contribution in [0.4, 0.5) is 5.13 Å². The van der Waals surface area contributed by atoms with E-state index in [9.17, 15) is 4.79 Å². The lowest BCUT2D eigenvalue weighted by Crippen LogP contribution is -2.26. The van der Waals surface area contributed by atoms with Crippen LogP contribution in [0.15, 0.2) is 9.90 Å². The Morgan fingerprint density at radius 2 is 2.39 bits per heavy atom. The molecule has 3 N–H and O–H groups in total. The Hall–Kier alpha value is -1.96. The van der Waals surface area contributed by atoms with Crippen LogP contribution >= 0.6 is 11.3 Å². The summed E-state index contributed by atoms with van der Waals surface area (Å²) in [7, 11) is 0. The molecule has 0 radical (unpaired) electrons. The summed E-state index contributed by atoms with van der Waals surface area (Å²) in [5.74, 6) is 0.145. The van der Waals surface area contributed by atoms with Gasteiger partial charge in [0.05, 0.1) is 12.1 Å². The molecule has 0 saturated heterocycles. The van der Waals surface area contributed by atoms with Crippen molar-refractivity contribution in [2.75, 3.05) is 5.73 Å².